The second kappa shape index (κ2) is 6.76. The van der Waals surface area contributed by atoms with Crippen LogP contribution in [0.15, 0.2) is 0 Å². The first-order valence-corrected chi connectivity index (χ1v) is 9.43. The van der Waals surface area contributed by atoms with Crippen LogP contribution >= 0.6 is 0 Å². The summed E-state index contributed by atoms with van der Waals surface area (Å²) in [5.74, 6) is 0. The van der Waals surface area contributed by atoms with Gasteiger partial charge in [0.15, 0.2) is 0 Å². The van der Waals surface area contributed by atoms with E-state index in [2.05, 4.69) is 47.3 Å². The molecule has 3 aliphatic heterocycles. The molecular formula is C18H36N4. The van der Waals surface area contributed by atoms with Gasteiger partial charge in [0.1, 0.15) is 0 Å². The fraction of sp³-hybridized carbons (Fsp3) is 1.00. The first-order chi connectivity index (χ1) is 10.5. The van der Waals surface area contributed by atoms with Crippen molar-refractivity contribution >= 4 is 0 Å². The third-order valence-electron chi connectivity index (χ3n) is 6.18. The van der Waals surface area contributed by atoms with Gasteiger partial charge in [-0.3, -0.25) is 14.7 Å². The predicted octanol–water partition coefficient (Wildman–Crippen LogP) is 1.57. The van der Waals surface area contributed by atoms with Gasteiger partial charge in [-0.1, -0.05) is 6.92 Å². The molecule has 0 saturated carbocycles. The Morgan fingerprint density at radius 2 is 1.32 bits per heavy atom. The molecule has 3 heterocycles. The lowest BCUT2D eigenvalue weighted by atomic mass is 9.97. The van der Waals surface area contributed by atoms with Gasteiger partial charge in [-0.05, 0) is 40.2 Å². The van der Waals surface area contributed by atoms with Crippen LogP contribution < -0.4 is 0 Å². The van der Waals surface area contributed by atoms with Crippen molar-refractivity contribution < 1.29 is 0 Å². The van der Waals surface area contributed by atoms with Crippen molar-refractivity contribution in [3.8, 4) is 0 Å². The molecule has 0 radical (unpaired) electrons. The van der Waals surface area contributed by atoms with Crippen LogP contribution in [0.3, 0.4) is 0 Å². The van der Waals surface area contributed by atoms with Crippen molar-refractivity contribution in [1.82, 2.24) is 19.6 Å². The summed E-state index contributed by atoms with van der Waals surface area (Å²) in [6.45, 7) is 20.9. The van der Waals surface area contributed by atoms with Crippen LogP contribution in [-0.2, 0) is 0 Å². The molecule has 0 atom stereocenters. The number of likely N-dealkylation sites (N-methyl/N-ethyl adjacent to an activating group) is 1. The molecule has 0 amide bonds. The Morgan fingerprint density at radius 1 is 0.773 bits per heavy atom. The predicted molar refractivity (Wildman–Crippen MR) is 93.4 cm³/mol. The maximum atomic E-state index is 2.78. The van der Waals surface area contributed by atoms with Crippen LogP contribution in [0.1, 0.15) is 40.5 Å². The minimum atomic E-state index is 0.338. The molecule has 3 saturated heterocycles. The summed E-state index contributed by atoms with van der Waals surface area (Å²) in [7, 11) is 0. The largest absolute Gasteiger partial charge is 0.300 e. The Kier molecular flexibility index (Phi) is 5.13. The van der Waals surface area contributed by atoms with E-state index in [4.69, 9.17) is 0 Å². The molecular weight excluding hydrogens is 272 g/mol. The monoisotopic (exact) mass is 308 g/mol. The molecule has 0 N–H and O–H groups in total. The second-order valence-electron chi connectivity index (χ2n) is 8.47. The Labute approximate surface area is 137 Å². The minimum absolute atomic E-state index is 0.338. The van der Waals surface area contributed by atoms with Crippen molar-refractivity contribution in [1.29, 1.82) is 0 Å². The molecule has 0 bridgehead atoms. The lowest BCUT2D eigenvalue weighted by molar-refractivity contribution is -0.00926. The Hall–Kier alpha value is -0.160. The summed E-state index contributed by atoms with van der Waals surface area (Å²) in [6.07, 6.45) is 2.77. The standard InChI is InChI=1S/C18H36N4/c1-5-19-14-17(15-19)20-8-6-16(7-9-20)21-10-12-22(13-11-21)18(2,3)4/h16-17H,5-15H2,1-4H3. The minimum Gasteiger partial charge on any atom is -0.300 e. The van der Waals surface area contributed by atoms with E-state index in [-0.39, 0.29) is 0 Å². The maximum absolute atomic E-state index is 2.78. The molecule has 0 aliphatic carbocycles. The van der Waals surface area contributed by atoms with Crippen LogP contribution in [0.5, 0.6) is 0 Å². The van der Waals surface area contributed by atoms with Gasteiger partial charge in [0, 0.05) is 70.0 Å². The molecule has 3 rings (SSSR count). The number of likely N-dealkylation sites (tertiary alicyclic amines) is 2. The number of piperazine rings is 1. The van der Waals surface area contributed by atoms with Crippen molar-refractivity contribution in [2.45, 2.75) is 58.2 Å². The number of hydrogen-bond donors (Lipinski definition) is 0. The van der Waals surface area contributed by atoms with E-state index in [1.165, 1.54) is 71.7 Å². The van der Waals surface area contributed by atoms with E-state index in [1.54, 1.807) is 0 Å². The van der Waals surface area contributed by atoms with E-state index in [0.29, 0.717) is 5.54 Å². The fourth-order valence-corrected chi connectivity index (χ4v) is 4.41. The molecule has 0 aromatic heterocycles. The third kappa shape index (κ3) is 3.66. The number of hydrogen-bond acceptors (Lipinski definition) is 4. The van der Waals surface area contributed by atoms with Crippen LogP contribution in [0, 0.1) is 0 Å². The molecule has 0 spiro atoms. The highest BCUT2D eigenvalue weighted by atomic mass is 15.3. The van der Waals surface area contributed by atoms with E-state index in [1.807, 2.05) is 0 Å². The van der Waals surface area contributed by atoms with Gasteiger partial charge in [-0.2, -0.15) is 0 Å². The first-order valence-electron chi connectivity index (χ1n) is 9.43. The van der Waals surface area contributed by atoms with Gasteiger partial charge >= 0.3 is 0 Å². The fourth-order valence-electron chi connectivity index (χ4n) is 4.41. The lowest BCUT2D eigenvalue weighted by Gasteiger charge is -2.50. The molecule has 22 heavy (non-hydrogen) atoms. The normalized spacial score (nSPS) is 28.9. The maximum Gasteiger partial charge on any atom is 0.0350 e. The Bertz CT molecular complexity index is 343. The smallest absolute Gasteiger partial charge is 0.0350 e. The highest BCUT2D eigenvalue weighted by molar-refractivity contribution is 4.92. The topological polar surface area (TPSA) is 13.0 Å². The van der Waals surface area contributed by atoms with Crippen LogP contribution in [0.25, 0.3) is 0 Å². The third-order valence-corrected chi connectivity index (χ3v) is 6.18. The molecule has 4 heteroatoms. The lowest BCUT2D eigenvalue weighted by Crippen LogP contribution is -2.62. The molecule has 3 aliphatic rings. The summed E-state index contributed by atoms with van der Waals surface area (Å²) in [6, 6.07) is 1.71. The Balaban J connectivity index is 1.39. The summed E-state index contributed by atoms with van der Waals surface area (Å²) in [5, 5.41) is 0. The highest BCUT2D eigenvalue weighted by Crippen LogP contribution is 2.24. The van der Waals surface area contributed by atoms with Gasteiger partial charge in [0.05, 0.1) is 0 Å². The van der Waals surface area contributed by atoms with Gasteiger partial charge in [0.25, 0.3) is 0 Å². The van der Waals surface area contributed by atoms with E-state index in [0.717, 1.165) is 12.1 Å². The highest BCUT2D eigenvalue weighted by Gasteiger charge is 2.35. The SMILES string of the molecule is CCN1CC(N2CCC(N3CCN(C(C)(C)C)CC3)CC2)C1. The van der Waals surface area contributed by atoms with Gasteiger partial charge in [0.2, 0.25) is 0 Å². The molecule has 0 aromatic rings. The van der Waals surface area contributed by atoms with Gasteiger partial charge in [-0.15, -0.1) is 0 Å². The average Bonchev–Trinajstić information content (AvgIpc) is 2.46. The number of piperidine rings is 1. The van der Waals surface area contributed by atoms with Gasteiger partial charge in [-0.25, -0.2) is 0 Å². The van der Waals surface area contributed by atoms with Crippen molar-refractivity contribution in [3.63, 3.8) is 0 Å². The van der Waals surface area contributed by atoms with Crippen molar-refractivity contribution in [3.05, 3.63) is 0 Å². The molecule has 4 nitrogen and oxygen atoms in total. The quantitative estimate of drug-likeness (QED) is 0.784. The molecule has 128 valence electrons. The second-order valence-corrected chi connectivity index (χ2v) is 8.47. The number of nitrogens with zero attached hydrogens (tertiary/aromatic N) is 4. The zero-order chi connectivity index (χ0) is 15.7. The Morgan fingerprint density at radius 3 is 1.82 bits per heavy atom. The van der Waals surface area contributed by atoms with Crippen LogP contribution in [0.2, 0.25) is 0 Å². The molecule has 3 fully saturated rings. The first kappa shape index (κ1) is 16.7. The van der Waals surface area contributed by atoms with Crippen LogP contribution in [-0.4, -0.2) is 96.1 Å². The summed E-state index contributed by atoms with van der Waals surface area (Å²) in [5.41, 5.74) is 0.338. The van der Waals surface area contributed by atoms with E-state index < -0.39 is 0 Å². The van der Waals surface area contributed by atoms with Crippen LogP contribution in [0.4, 0.5) is 0 Å². The van der Waals surface area contributed by atoms with Crippen molar-refractivity contribution in [2.75, 3.05) is 58.9 Å². The van der Waals surface area contributed by atoms with Crippen molar-refractivity contribution in [2.24, 2.45) is 0 Å². The number of rotatable bonds is 3. The summed E-state index contributed by atoms with van der Waals surface area (Å²) < 4.78 is 0. The van der Waals surface area contributed by atoms with E-state index >= 15 is 0 Å². The average molecular weight is 309 g/mol. The zero-order valence-electron chi connectivity index (χ0n) is 15.2. The zero-order valence-corrected chi connectivity index (χ0v) is 15.2. The molecule has 0 unspecified atom stereocenters. The summed E-state index contributed by atoms with van der Waals surface area (Å²) >= 11 is 0. The molecule has 0 aromatic carbocycles. The van der Waals surface area contributed by atoms with E-state index in [9.17, 15) is 0 Å². The summed E-state index contributed by atoms with van der Waals surface area (Å²) in [4.78, 5) is 10.7. The van der Waals surface area contributed by atoms with Gasteiger partial charge < -0.3 is 4.90 Å².